The molecule has 0 saturated carbocycles. The number of carbonyl (C=O) groups excluding carboxylic acids is 1. The fourth-order valence-corrected chi connectivity index (χ4v) is 3.52. The van der Waals surface area contributed by atoms with Gasteiger partial charge in [-0.3, -0.25) is 4.79 Å². The van der Waals surface area contributed by atoms with Gasteiger partial charge in [-0.2, -0.15) is 0 Å². The molecule has 1 amide bonds. The van der Waals surface area contributed by atoms with Gasteiger partial charge >= 0.3 is 0 Å². The number of hydrogen-bond donors (Lipinski definition) is 2. The van der Waals surface area contributed by atoms with Gasteiger partial charge in [0.2, 0.25) is 10.0 Å². The maximum Gasteiger partial charge on any atom is 0.254 e. The van der Waals surface area contributed by atoms with Crippen LogP contribution >= 0.6 is 11.6 Å². The minimum Gasteiger partial charge on any atom is -0.345 e. The number of nitrogens with one attached hydrogen (secondary N) is 2. The van der Waals surface area contributed by atoms with Crippen molar-refractivity contribution in [2.75, 3.05) is 6.54 Å². The van der Waals surface area contributed by atoms with E-state index in [-0.39, 0.29) is 17.0 Å². The molecule has 0 bridgehead atoms. The van der Waals surface area contributed by atoms with E-state index >= 15 is 0 Å². The third-order valence-corrected chi connectivity index (χ3v) is 5.30. The van der Waals surface area contributed by atoms with Crippen molar-refractivity contribution in [2.24, 2.45) is 0 Å². The molecule has 0 saturated heterocycles. The van der Waals surface area contributed by atoms with Gasteiger partial charge in [0.25, 0.3) is 5.91 Å². The van der Waals surface area contributed by atoms with Gasteiger partial charge in [0, 0.05) is 11.6 Å². The highest BCUT2D eigenvalue weighted by Crippen LogP contribution is 2.19. The summed E-state index contributed by atoms with van der Waals surface area (Å²) in [5.41, 5.74) is 0.408. The van der Waals surface area contributed by atoms with Gasteiger partial charge in [-0.1, -0.05) is 30.7 Å². The summed E-state index contributed by atoms with van der Waals surface area (Å²) < 4.78 is 40.4. The zero-order valence-corrected chi connectivity index (χ0v) is 15.3. The molecule has 0 aromatic heterocycles. The molecule has 0 aliphatic rings. The Morgan fingerprint density at radius 3 is 2.60 bits per heavy atom. The van der Waals surface area contributed by atoms with E-state index < -0.39 is 27.8 Å². The number of halogens is 2. The van der Waals surface area contributed by atoms with Gasteiger partial charge in [-0.15, -0.1) is 0 Å². The van der Waals surface area contributed by atoms with Gasteiger partial charge in [0.15, 0.2) is 0 Å². The van der Waals surface area contributed by atoms with E-state index in [1.165, 1.54) is 0 Å². The highest BCUT2D eigenvalue weighted by Gasteiger charge is 2.20. The lowest BCUT2D eigenvalue weighted by molar-refractivity contribution is 0.0935. The molecule has 134 valence electrons. The largest absolute Gasteiger partial charge is 0.345 e. The average molecular weight is 385 g/mol. The van der Waals surface area contributed by atoms with Crippen LogP contribution in [0, 0.1) is 5.82 Å². The van der Waals surface area contributed by atoms with Gasteiger partial charge in [-0.25, -0.2) is 17.5 Å². The van der Waals surface area contributed by atoms with Crippen molar-refractivity contribution in [2.45, 2.75) is 24.8 Å². The first-order valence-corrected chi connectivity index (χ1v) is 9.46. The molecule has 2 rings (SSSR count). The fraction of sp³-hybridized carbons (Fsp3) is 0.235. The SMILES string of the molecule is CCNS(=O)(=O)c1ccc(F)c(C(=O)NC(C)c2cccc(Cl)c2)c1. The average Bonchev–Trinajstić information content (AvgIpc) is 2.54. The third-order valence-electron chi connectivity index (χ3n) is 3.52. The topological polar surface area (TPSA) is 75.3 Å². The number of benzene rings is 2. The van der Waals surface area contributed by atoms with Gasteiger partial charge in [0.05, 0.1) is 16.5 Å². The summed E-state index contributed by atoms with van der Waals surface area (Å²) in [6.07, 6.45) is 0. The van der Waals surface area contributed by atoms with Crippen molar-refractivity contribution in [3.05, 3.63) is 64.4 Å². The predicted molar refractivity (Wildman–Crippen MR) is 94.6 cm³/mol. The van der Waals surface area contributed by atoms with Crippen LogP contribution in [-0.4, -0.2) is 20.9 Å². The Morgan fingerprint density at radius 2 is 1.96 bits per heavy atom. The highest BCUT2D eigenvalue weighted by molar-refractivity contribution is 7.89. The zero-order chi connectivity index (χ0) is 18.6. The van der Waals surface area contributed by atoms with Crippen LogP contribution in [0.25, 0.3) is 0 Å². The number of sulfonamides is 1. The van der Waals surface area contributed by atoms with E-state index in [9.17, 15) is 17.6 Å². The molecule has 2 aromatic rings. The number of amides is 1. The van der Waals surface area contributed by atoms with Crippen LogP contribution in [0.1, 0.15) is 35.8 Å². The molecule has 0 heterocycles. The van der Waals surface area contributed by atoms with Crippen molar-refractivity contribution >= 4 is 27.5 Å². The maximum absolute atomic E-state index is 14.0. The molecule has 0 aliphatic carbocycles. The lowest BCUT2D eigenvalue weighted by Gasteiger charge is -2.15. The summed E-state index contributed by atoms with van der Waals surface area (Å²) in [7, 11) is -3.78. The van der Waals surface area contributed by atoms with E-state index in [1.54, 1.807) is 38.1 Å². The highest BCUT2D eigenvalue weighted by atomic mass is 35.5. The van der Waals surface area contributed by atoms with Crippen LogP contribution in [-0.2, 0) is 10.0 Å². The summed E-state index contributed by atoms with van der Waals surface area (Å²) in [5.74, 6) is -1.51. The molecule has 1 atom stereocenters. The predicted octanol–water partition coefficient (Wildman–Crippen LogP) is 3.27. The number of rotatable bonds is 6. The molecule has 1 unspecified atom stereocenters. The van der Waals surface area contributed by atoms with E-state index in [1.807, 2.05) is 0 Å². The Balaban J connectivity index is 2.27. The van der Waals surface area contributed by atoms with Crippen molar-refractivity contribution in [3.8, 4) is 0 Å². The zero-order valence-electron chi connectivity index (χ0n) is 13.7. The molecule has 2 aromatic carbocycles. The van der Waals surface area contributed by atoms with Crippen LogP contribution in [0.4, 0.5) is 4.39 Å². The van der Waals surface area contributed by atoms with E-state index in [0.717, 1.165) is 23.8 Å². The van der Waals surface area contributed by atoms with Crippen molar-refractivity contribution in [3.63, 3.8) is 0 Å². The molecule has 5 nitrogen and oxygen atoms in total. The summed E-state index contributed by atoms with van der Waals surface area (Å²) in [6, 6.07) is 9.58. The smallest absolute Gasteiger partial charge is 0.254 e. The molecule has 8 heteroatoms. The van der Waals surface area contributed by atoms with Crippen LogP contribution in [0.15, 0.2) is 47.4 Å². The normalized spacial score (nSPS) is 12.6. The first-order chi connectivity index (χ1) is 11.7. The molecule has 0 spiro atoms. The Morgan fingerprint density at radius 1 is 1.24 bits per heavy atom. The fourth-order valence-electron chi connectivity index (χ4n) is 2.25. The molecule has 0 fully saturated rings. The summed E-state index contributed by atoms with van der Waals surface area (Å²) >= 11 is 5.92. The lowest BCUT2D eigenvalue weighted by atomic mass is 10.1. The first kappa shape index (κ1) is 19.4. The number of hydrogen-bond acceptors (Lipinski definition) is 3. The Hall–Kier alpha value is -1.96. The Labute approximate surface area is 151 Å². The van der Waals surface area contributed by atoms with Crippen LogP contribution in [0.2, 0.25) is 5.02 Å². The second-order valence-electron chi connectivity index (χ2n) is 5.39. The second kappa shape index (κ2) is 7.95. The molecule has 2 N–H and O–H groups in total. The van der Waals surface area contributed by atoms with Gasteiger partial charge < -0.3 is 5.32 Å². The van der Waals surface area contributed by atoms with E-state index in [0.29, 0.717) is 5.02 Å². The minimum absolute atomic E-state index is 0.170. The van der Waals surface area contributed by atoms with Crippen molar-refractivity contribution in [1.29, 1.82) is 0 Å². The van der Waals surface area contributed by atoms with E-state index in [2.05, 4.69) is 10.0 Å². The number of carbonyl (C=O) groups is 1. The molecular formula is C17H18ClFN2O3S. The van der Waals surface area contributed by atoms with Crippen molar-refractivity contribution in [1.82, 2.24) is 10.0 Å². The molecule has 0 radical (unpaired) electrons. The van der Waals surface area contributed by atoms with Crippen LogP contribution < -0.4 is 10.0 Å². The third kappa shape index (κ3) is 4.78. The molecule has 0 aliphatic heterocycles. The van der Waals surface area contributed by atoms with Crippen LogP contribution in [0.5, 0.6) is 0 Å². The second-order valence-corrected chi connectivity index (χ2v) is 7.60. The van der Waals surface area contributed by atoms with Crippen LogP contribution in [0.3, 0.4) is 0 Å². The summed E-state index contributed by atoms with van der Waals surface area (Å²) in [5, 5.41) is 3.16. The minimum atomic E-state index is -3.78. The quantitative estimate of drug-likeness (QED) is 0.802. The molecule has 25 heavy (non-hydrogen) atoms. The Bertz CT molecular complexity index is 887. The maximum atomic E-state index is 14.0. The standard InChI is InChI=1S/C17H18ClFN2O3S/c1-3-20-25(23,24)14-7-8-16(19)15(10-14)17(22)21-11(2)12-5-4-6-13(18)9-12/h4-11,20H,3H2,1-2H3,(H,21,22). The Kier molecular flexibility index (Phi) is 6.16. The van der Waals surface area contributed by atoms with Gasteiger partial charge in [-0.05, 0) is 42.8 Å². The monoisotopic (exact) mass is 384 g/mol. The van der Waals surface area contributed by atoms with Gasteiger partial charge in [0.1, 0.15) is 5.82 Å². The summed E-state index contributed by atoms with van der Waals surface area (Å²) in [6.45, 7) is 3.54. The molecular weight excluding hydrogens is 367 g/mol. The van der Waals surface area contributed by atoms with E-state index in [4.69, 9.17) is 11.6 Å². The lowest BCUT2D eigenvalue weighted by Crippen LogP contribution is -2.28. The summed E-state index contributed by atoms with van der Waals surface area (Å²) in [4.78, 5) is 12.2. The van der Waals surface area contributed by atoms with Crippen molar-refractivity contribution < 1.29 is 17.6 Å². The first-order valence-electron chi connectivity index (χ1n) is 7.60.